The summed E-state index contributed by atoms with van der Waals surface area (Å²) in [4.78, 5) is 2.65. The fourth-order valence-electron chi connectivity index (χ4n) is 3.15. The number of aromatic nitrogens is 2. The van der Waals surface area contributed by atoms with Crippen LogP contribution in [0.25, 0.3) is 0 Å². The molecule has 1 aromatic heterocycles. The zero-order chi connectivity index (χ0) is 14.7. The van der Waals surface area contributed by atoms with Crippen molar-refractivity contribution in [2.75, 3.05) is 13.1 Å². The Morgan fingerprint density at radius 1 is 1.40 bits per heavy atom. The summed E-state index contributed by atoms with van der Waals surface area (Å²) in [6.45, 7) is 12.6. The van der Waals surface area contributed by atoms with E-state index in [2.05, 4.69) is 49.2 Å². The van der Waals surface area contributed by atoms with E-state index >= 15 is 0 Å². The topological polar surface area (TPSA) is 33.1 Å². The summed E-state index contributed by atoms with van der Waals surface area (Å²) in [7, 11) is 1.99. The van der Waals surface area contributed by atoms with Crippen molar-refractivity contribution < 1.29 is 0 Å². The lowest BCUT2D eigenvalue weighted by Gasteiger charge is -2.44. The molecule has 0 aromatic carbocycles. The first-order valence-electron chi connectivity index (χ1n) is 7.96. The van der Waals surface area contributed by atoms with E-state index in [1.165, 1.54) is 12.0 Å². The van der Waals surface area contributed by atoms with Gasteiger partial charge in [0.25, 0.3) is 0 Å². The fraction of sp³-hybridized carbons (Fsp3) is 0.812. The summed E-state index contributed by atoms with van der Waals surface area (Å²) in [5, 5.41) is 8.06. The molecule has 0 aliphatic carbocycles. The maximum Gasteiger partial charge on any atom is 0.0534 e. The van der Waals surface area contributed by atoms with E-state index in [0.717, 1.165) is 25.6 Å². The molecule has 3 atom stereocenters. The van der Waals surface area contributed by atoms with Gasteiger partial charge in [0.1, 0.15) is 0 Å². The average Bonchev–Trinajstić information content (AvgIpc) is 2.82. The first kappa shape index (κ1) is 15.5. The summed E-state index contributed by atoms with van der Waals surface area (Å²) in [5.74, 6) is 1.41. The molecule has 114 valence electrons. The second-order valence-electron chi connectivity index (χ2n) is 6.66. The summed E-state index contributed by atoms with van der Waals surface area (Å²) < 4.78 is 1.90. The van der Waals surface area contributed by atoms with Crippen molar-refractivity contribution in [3.05, 3.63) is 18.0 Å². The minimum absolute atomic E-state index is 0.617. The molecule has 0 saturated carbocycles. The lowest BCUT2D eigenvalue weighted by Crippen LogP contribution is -2.59. The molecule has 1 saturated heterocycles. The highest BCUT2D eigenvalue weighted by molar-refractivity contribution is 5.05. The van der Waals surface area contributed by atoms with Crippen molar-refractivity contribution in [2.45, 2.75) is 52.7 Å². The number of hydrogen-bond donors (Lipinski definition) is 1. The van der Waals surface area contributed by atoms with E-state index in [-0.39, 0.29) is 0 Å². The van der Waals surface area contributed by atoms with E-state index < -0.39 is 0 Å². The molecule has 3 unspecified atom stereocenters. The number of piperazine rings is 1. The van der Waals surface area contributed by atoms with Crippen LogP contribution in [0.5, 0.6) is 0 Å². The molecule has 0 radical (unpaired) electrons. The predicted octanol–water partition coefficient (Wildman–Crippen LogP) is 2.26. The maximum absolute atomic E-state index is 4.30. The zero-order valence-electron chi connectivity index (χ0n) is 13.6. The molecular weight excluding hydrogens is 248 g/mol. The number of hydrogen-bond acceptors (Lipinski definition) is 3. The Bertz CT molecular complexity index is 412. The van der Waals surface area contributed by atoms with Gasteiger partial charge in [0.15, 0.2) is 0 Å². The van der Waals surface area contributed by atoms with Gasteiger partial charge in [-0.15, -0.1) is 0 Å². The third-order valence-corrected chi connectivity index (χ3v) is 4.73. The maximum atomic E-state index is 4.30. The van der Waals surface area contributed by atoms with Crippen molar-refractivity contribution in [1.29, 1.82) is 0 Å². The van der Waals surface area contributed by atoms with Crippen LogP contribution in [0.15, 0.2) is 12.4 Å². The van der Waals surface area contributed by atoms with Crippen molar-refractivity contribution in [3.63, 3.8) is 0 Å². The molecule has 1 aliphatic heterocycles. The van der Waals surface area contributed by atoms with Crippen LogP contribution in [0.2, 0.25) is 0 Å². The number of aryl methyl sites for hydroxylation is 1. The summed E-state index contributed by atoms with van der Waals surface area (Å²) >= 11 is 0. The monoisotopic (exact) mass is 278 g/mol. The number of nitrogens with one attached hydrogen (secondary N) is 1. The summed E-state index contributed by atoms with van der Waals surface area (Å²) in [6, 6.07) is 1.24. The van der Waals surface area contributed by atoms with Crippen molar-refractivity contribution in [2.24, 2.45) is 18.9 Å². The van der Waals surface area contributed by atoms with Gasteiger partial charge in [-0.3, -0.25) is 9.58 Å². The molecule has 0 bridgehead atoms. The van der Waals surface area contributed by atoms with Crippen LogP contribution in [0, 0.1) is 11.8 Å². The Morgan fingerprint density at radius 3 is 2.70 bits per heavy atom. The van der Waals surface area contributed by atoms with Gasteiger partial charge in [0.2, 0.25) is 0 Å². The van der Waals surface area contributed by atoms with Crippen LogP contribution >= 0.6 is 0 Å². The van der Waals surface area contributed by atoms with Gasteiger partial charge in [0, 0.05) is 50.5 Å². The normalized spacial score (nSPS) is 26.1. The minimum atomic E-state index is 0.617. The van der Waals surface area contributed by atoms with Gasteiger partial charge >= 0.3 is 0 Å². The molecule has 1 aliphatic rings. The summed E-state index contributed by atoms with van der Waals surface area (Å²) in [6.07, 6.45) is 5.38. The molecule has 1 fully saturated rings. The Kier molecular flexibility index (Phi) is 5.22. The molecular formula is C16H30N4. The molecule has 4 heteroatoms. The Labute approximate surface area is 123 Å². The first-order chi connectivity index (χ1) is 9.51. The quantitative estimate of drug-likeness (QED) is 0.897. The van der Waals surface area contributed by atoms with Crippen LogP contribution in [0.1, 0.15) is 39.7 Å². The van der Waals surface area contributed by atoms with Gasteiger partial charge in [-0.1, -0.05) is 34.1 Å². The smallest absolute Gasteiger partial charge is 0.0534 e. The Balaban J connectivity index is 2.06. The van der Waals surface area contributed by atoms with Gasteiger partial charge in [-0.05, 0) is 11.8 Å². The van der Waals surface area contributed by atoms with Crippen molar-refractivity contribution in [1.82, 2.24) is 20.0 Å². The molecule has 1 aromatic rings. The van der Waals surface area contributed by atoms with Crippen LogP contribution in [-0.2, 0) is 13.6 Å². The zero-order valence-corrected chi connectivity index (χ0v) is 13.6. The fourth-order valence-corrected chi connectivity index (χ4v) is 3.15. The second-order valence-corrected chi connectivity index (χ2v) is 6.66. The second kappa shape index (κ2) is 6.72. The standard InChI is InChI=1S/C16H30N4/c1-6-13(4)15-11-20(16(8-17-15)12(2)3)10-14-7-18-19(5)9-14/h7,9,12-13,15-17H,6,8,10-11H2,1-5H3. The molecule has 20 heavy (non-hydrogen) atoms. The van der Waals surface area contributed by atoms with Crippen LogP contribution < -0.4 is 5.32 Å². The SMILES string of the molecule is CCC(C)C1CN(Cc2cnn(C)c2)C(C(C)C)CN1. The van der Waals surface area contributed by atoms with Crippen LogP contribution in [0.3, 0.4) is 0 Å². The lowest BCUT2D eigenvalue weighted by atomic mass is 9.92. The van der Waals surface area contributed by atoms with Gasteiger partial charge in [-0.2, -0.15) is 5.10 Å². The molecule has 1 N–H and O–H groups in total. The molecule has 0 spiro atoms. The average molecular weight is 278 g/mol. The minimum Gasteiger partial charge on any atom is -0.311 e. The Hall–Kier alpha value is -0.870. The molecule has 4 nitrogen and oxygen atoms in total. The van der Waals surface area contributed by atoms with E-state index in [0.29, 0.717) is 18.0 Å². The van der Waals surface area contributed by atoms with Gasteiger partial charge < -0.3 is 5.32 Å². The molecule has 2 rings (SSSR count). The highest BCUT2D eigenvalue weighted by Gasteiger charge is 2.31. The first-order valence-corrected chi connectivity index (χ1v) is 7.96. The third-order valence-electron chi connectivity index (χ3n) is 4.73. The molecule has 0 amide bonds. The summed E-state index contributed by atoms with van der Waals surface area (Å²) in [5.41, 5.74) is 1.32. The van der Waals surface area contributed by atoms with E-state index in [4.69, 9.17) is 0 Å². The van der Waals surface area contributed by atoms with Gasteiger partial charge in [-0.25, -0.2) is 0 Å². The molecule has 2 heterocycles. The van der Waals surface area contributed by atoms with Crippen LogP contribution in [0.4, 0.5) is 0 Å². The highest BCUT2D eigenvalue weighted by Crippen LogP contribution is 2.21. The van der Waals surface area contributed by atoms with E-state index in [1.807, 2.05) is 17.9 Å². The van der Waals surface area contributed by atoms with Crippen molar-refractivity contribution in [3.8, 4) is 0 Å². The largest absolute Gasteiger partial charge is 0.311 e. The highest BCUT2D eigenvalue weighted by atomic mass is 15.3. The van der Waals surface area contributed by atoms with Crippen LogP contribution in [-0.4, -0.2) is 39.9 Å². The third kappa shape index (κ3) is 3.61. The number of rotatable bonds is 5. The van der Waals surface area contributed by atoms with Crippen molar-refractivity contribution >= 4 is 0 Å². The lowest BCUT2D eigenvalue weighted by molar-refractivity contribution is 0.0752. The number of nitrogens with zero attached hydrogens (tertiary/aromatic N) is 3. The predicted molar refractivity (Wildman–Crippen MR) is 83.5 cm³/mol. The Morgan fingerprint density at radius 2 is 2.15 bits per heavy atom. The van der Waals surface area contributed by atoms with E-state index in [9.17, 15) is 0 Å². The van der Waals surface area contributed by atoms with Gasteiger partial charge in [0.05, 0.1) is 6.20 Å². The van der Waals surface area contributed by atoms with E-state index in [1.54, 1.807) is 0 Å².